The maximum absolute atomic E-state index is 13.4. The Morgan fingerprint density at radius 1 is 1.17 bits per heavy atom. The average molecular weight is 457 g/mol. The van der Waals surface area contributed by atoms with Gasteiger partial charge < -0.3 is 10.1 Å². The van der Waals surface area contributed by atoms with Gasteiger partial charge in [0.25, 0.3) is 10.0 Å². The van der Waals surface area contributed by atoms with Gasteiger partial charge in [0.1, 0.15) is 10.5 Å². The molecule has 0 saturated heterocycles. The van der Waals surface area contributed by atoms with Gasteiger partial charge in [-0.2, -0.15) is 0 Å². The van der Waals surface area contributed by atoms with Crippen molar-refractivity contribution >= 4 is 45.0 Å². The number of rotatable bonds is 3. The lowest BCUT2D eigenvalue weighted by atomic mass is 10.00. The number of amides is 1. The van der Waals surface area contributed by atoms with Crippen LogP contribution in [-0.2, 0) is 21.2 Å². The van der Waals surface area contributed by atoms with Crippen molar-refractivity contribution < 1.29 is 17.9 Å². The zero-order chi connectivity index (χ0) is 21.4. The fraction of sp³-hybridized carbons (Fsp3) is 0.350. The number of carbonyl (C=O) groups is 1. The number of fused-ring (bicyclic) bond motifs is 1. The second-order valence-corrected chi connectivity index (χ2v) is 10.5. The predicted octanol–water partition coefficient (Wildman–Crippen LogP) is 4.64. The number of sulfonamides is 1. The third-order valence-corrected chi connectivity index (χ3v) is 6.79. The predicted molar refractivity (Wildman–Crippen MR) is 114 cm³/mol. The molecule has 1 amide bonds. The van der Waals surface area contributed by atoms with Crippen LogP contribution in [-0.4, -0.2) is 32.7 Å². The molecule has 3 rings (SSSR count). The van der Waals surface area contributed by atoms with Crippen LogP contribution in [0.15, 0.2) is 47.4 Å². The van der Waals surface area contributed by atoms with Gasteiger partial charge in [0.05, 0.1) is 23.3 Å². The summed E-state index contributed by atoms with van der Waals surface area (Å²) in [5.74, 6) is 0. The Morgan fingerprint density at radius 3 is 2.52 bits per heavy atom. The number of nitrogens with one attached hydrogen (secondary N) is 1. The van der Waals surface area contributed by atoms with Crippen molar-refractivity contribution in [2.24, 2.45) is 0 Å². The number of carbonyl (C=O) groups excluding carboxylic acids is 1. The van der Waals surface area contributed by atoms with Crippen LogP contribution in [0.5, 0.6) is 0 Å². The highest BCUT2D eigenvalue weighted by Gasteiger charge is 2.35. The molecule has 0 aliphatic carbocycles. The Labute approximate surface area is 180 Å². The van der Waals surface area contributed by atoms with E-state index in [1.165, 1.54) is 22.5 Å². The topological polar surface area (TPSA) is 75.7 Å². The van der Waals surface area contributed by atoms with Crippen LogP contribution in [0.25, 0.3) is 0 Å². The molecule has 29 heavy (non-hydrogen) atoms. The van der Waals surface area contributed by atoms with Gasteiger partial charge >= 0.3 is 6.09 Å². The zero-order valence-corrected chi connectivity index (χ0v) is 18.6. The molecule has 9 heteroatoms. The van der Waals surface area contributed by atoms with E-state index in [9.17, 15) is 13.2 Å². The van der Waals surface area contributed by atoms with Gasteiger partial charge in [-0.3, -0.25) is 4.31 Å². The Bertz CT molecular complexity index is 1040. The summed E-state index contributed by atoms with van der Waals surface area (Å²) in [4.78, 5) is 12.2. The van der Waals surface area contributed by atoms with E-state index in [4.69, 9.17) is 27.9 Å². The van der Waals surface area contributed by atoms with Crippen LogP contribution in [0.1, 0.15) is 26.3 Å². The second-order valence-electron chi connectivity index (χ2n) is 7.79. The van der Waals surface area contributed by atoms with Gasteiger partial charge in [0.15, 0.2) is 0 Å². The molecule has 156 valence electrons. The Balaban J connectivity index is 1.95. The maximum Gasteiger partial charge on any atom is 0.407 e. The van der Waals surface area contributed by atoms with E-state index in [0.717, 1.165) is 5.56 Å². The number of halogens is 2. The first-order valence-electron chi connectivity index (χ1n) is 9.02. The minimum atomic E-state index is -3.98. The number of hydrogen-bond donors (Lipinski definition) is 1. The number of para-hydroxylation sites is 1. The zero-order valence-electron chi connectivity index (χ0n) is 16.3. The molecular formula is C20H22Cl2N2O4S. The van der Waals surface area contributed by atoms with Gasteiger partial charge in [-0.15, -0.1) is 0 Å². The quantitative estimate of drug-likeness (QED) is 0.729. The summed E-state index contributed by atoms with van der Waals surface area (Å²) in [6.45, 7) is 5.35. The summed E-state index contributed by atoms with van der Waals surface area (Å²) in [5, 5.41) is 3.16. The van der Waals surface area contributed by atoms with Crippen LogP contribution >= 0.6 is 23.2 Å². The molecule has 1 N–H and O–H groups in total. The first kappa shape index (κ1) is 21.7. The summed E-state index contributed by atoms with van der Waals surface area (Å²) in [6, 6.07) is 11.0. The Kier molecular flexibility index (Phi) is 6.03. The van der Waals surface area contributed by atoms with Crippen LogP contribution in [0.4, 0.5) is 10.5 Å². The van der Waals surface area contributed by atoms with Gasteiger partial charge in [-0.1, -0.05) is 41.4 Å². The van der Waals surface area contributed by atoms with Gasteiger partial charge in [-0.25, -0.2) is 13.2 Å². The van der Waals surface area contributed by atoms with E-state index in [1.807, 2.05) is 12.1 Å². The van der Waals surface area contributed by atoms with Crippen molar-refractivity contribution in [3.05, 3.63) is 58.1 Å². The van der Waals surface area contributed by atoms with E-state index >= 15 is 0 Å². The molecule has 0 spiro atoms. The highest BCUT2D eigenvalue weighted by atomic mass is 35.5. The molecule has 6 nitrogen and oxygen atoms in total. The van der Waals surface area contributed by atoms with Crippen LogP contribution in [0.3, 0.4) is 0 Å². The minimum absolute atomic E-state index is 0.0391. The largest absolute Gasteiger partial charge is 0.444 e. The monoisotopic (exact) mass is 456 g/mol. The van der Waals surface area contributed by atoms with E-state index < -0.39 is 27.8 Å². The van der Waals surface area contributed by atoms with E-state index in [2.05, 4.69) is 5.32 Å². The Hall–Kier alpha value is -1.96. The normalized spacial score (nSPS) is 16.9. The summed E-state index contributed by atoms with van der Waals surface area (Å²) in [5.41, 5.74) is 0.702. The summed E-state index contributed by atoms with van der Waals surface area (Å²) in [7, 11) is -3.98. The fourth-order valence-electron chi connectivity index (χ4n) is 3.16. The van der Waals surface area contributed by atoms with E-state index in [-0.39, 0.29) is 16.5 Å². The molecule has 0 saturated carbocycles. The standard InChI is InChI=1S/C20H22Cl2N2O4S/c1-20(2,3)28-19(25)23-15-10-13-6-4-5-7-17(13)24(12-15)29(26,27)18-9-8-14(21)11-16(18)22/h4-9,11,15H,10,12H2,1-3H3,(H,23,25). The minimum Gasteiger partial charge on any atom is -0.444 e. The Morgan fingerprint density at radius 2 is 1.86 bits per heavy atom. The summed E-state index contributed by atoms with van der Waals surface area (Å²) < 4.78 is 33.4. The molecule has 0 radical (unpaired) electrons. The summed E-state index contributed by atoms with van der Waals surface area (Å²) in [6.07, 6.45) is -0.112. The molecule has 2 aromatic rings. The first-order chi connectivity index (χ1) is 13.5. The van der Waals surface area contributed by atoms with Crippen molar-refractivity contribution in [3.8, 4) is 0 Å². The first-order valence-corrected chi connectivity index (χ1v) is 11.2. The number of benzene rings is 2. The van der Waals surface area contributed by atoms with Gasteiger partial charge in [-0.05, 0) is 57.0 Å². The molecule has 1 heterocycles. The van der Waals surface area contributed by atoms with Gasteiger partial charge in [0, 0.05) is 5.02 Å². The average Bonchev–Trinajstić information content (AvgIpc) is 2.59. The SMILES string of the molecule is CC(C)(C)OC(=O)NC1Cc2ccccc2N(S(=O)(=O)c2ccc(Cl)cc2Cl)C1. The molecule has 2 aromatic carbocycles. The third kappa shape index (κ3) is 4.97. The number of ether oxygens (including phenoxy) is 1. The van der Waals surface area contributed by atoms with Crippen LogP contribution in [0.2, 0.25) is 10.0 Å². The molecule has 1 unspecified atom stereocenters. The number of alkyl carbamates (subject to hydrolysis) is 1. The van der Waals surface area contributed by atoms with Crippen molar-refractivity contribution in [3.63, 3.8) is 0 Å². The molecule has 0 aromatic heterocycles. The van der Waals surface area contributed by atoms with Gasteiger partial charge in [0.2, 0.25) is 0 Å². The molecule has 1 aliphatic heterocycles. The number of nitrogens with zero attached hydrogens (tertiary/aromatic N) is 1. The van der Waals surface area contributed by atoms with E-state index in [0.29, 0.717) is 17.1 Å². The molecular weight excluding hydrogens is 435 g/mol. The number of hydrogen-bond acceptors (Lipinski definition) is 4. The number of anilines is 1. The van der Waals surface area contributed by atoms with E-state index in [1.54, 1.807) is 32.9 Å². The lowest BCUT2D eigenvalue weighted by Crippen LogP contribution is -2.51. The molecule has 1 atom stereocenters. The van der Waals surface area contributed by atoms with Crippen LogP contribution < -0.4 is 9.62 Å². The lowest BCUT2D eigenvalue weighted by molar-refractivity contribution is 0.0505. The van der Waals surface area contributed by atoms with Crippen molar-refractivity contribution in [1.29, 1.82) is 0 Å². The van der Waals surface area contributed by atoms with Crippen molar-refractivity contribution in [1.82, 2.24) is 5.32 Å². The molecule has 0 bridgehead atoms. The molecule has 1 aliphatic rings. The van der Waals surface area contributed by atoms with Crippen LogP contribution in [0, 0.1) is 0 Å². The van der Waals surface area contributed by atoms with Crippen molar-refractivity contribution in [2.75, 3.05) is 10.8 Å². The summed E-state index contributed by atoms with van der Waals surface area (Å²) >= 11 is 12.1. The van der Waals surface area contributed by atoms with Crippen molar-refractivity contribution in [2.45, 2.75) is 43.7 Å². The fourth-order valence-corrected chi connectivity index (χ4v) is 5.45. The molecule has 0 fully saturated rings. The smallest absolute Gasteiger partial charge is 0.407 e. The highest BCUT2D eigenvalue weighted by Crippen LogP contribution is 2.35. The highest BCUT2D eigenvalue weighted by molar-refractivity contribution is 7.93. The maximum atomic E-state index is 13.4. The lowest BCUT2D eigenvalue weighted by Gasteiger charge is -2.36. The second kappa shape index (κ2) is 8.05. The third-order valence-electron chi connectivity index (χ3n) is 4.30.